The van der Waals surface area contributed by atoms with E-state index in [1.807, 2.05) is 12.1 Å². The molecule has 0 aliphatic carbocycles. The van der Waals surface area contributed by atoms with Crippen LogP contribution in [0.25, 0.3) is 11.4 Å². The van der Waals surface area contributed by atoms with Gasteiger partial charge in [0, 0.05) is 18.2 Å². The van der Waals surface area contributed by atoms with Gasteiger partial charge in [-0.2, -0.15) is 0 Å². The zero-order valence-corrected chi connectivity index (χ0v) is 11.5. The molecular weight excluding hydrogens is 238 g/mol. The summed E-state index contributed by atoms with van der Waals surface area (Å²) in [5, 5.41) is 0. The van der Waals surface area contributed by atoms with E-state index in [1.165, 1.54) is 11.6 Å². The lowest BCUT2D eigenvalue weighted by atomic mass is 9.87. The van der Waals surface area contributed by atoms with E-state index in [0.717, 1.165) is 5.56 Å². The van der Waals surface area contributed by atoms with Crippen molar-refractivity contribution in [2.45, 2.75) is 32.7 Å². The summed E-state index contributed by atoms with van der Waals surface area (Å²) in [7, 11) is 0. The van der Waals surface area contributed by atoms with Gasteiger partial charge < -0.3 is 10.7 Å². The third-order valence-corrected chi connectivity index (χ3v) is 3.03. The number of nitrogens with one attached hydrogen (secondary N) is 1. The van der Waals surface area contributed by atoms with Crippen LogP contribution < -0.4 is 11.3 Å². The van der Waals surface area contributed by atoms with Crippen molar-refractivity contribution >= 4 is 0 Å². The molecule has 19 heavy (non-hydrogen) atoms. The SMILES string of the molecule is CC(C)(C)c1ccc(-c2nc(CN)cc(=O)[nH]2)cc1. The van der Waals surface area contributed by atoms with Gasteiger partial charge in [-0.05, 0) is 11.0 Å². The maximum absolute atomic E-state index is 11.5. The molecule has 0 saturated heterocycles. The summed E-state index contributed by atoms with van der Waals surface area (Å²) in [6, 6.07) is 9.49. The highest BCUT2D eigenvalue weighted by atomic mass is 16.1. The van der Waals surface area contributed by atoms with E-state index < -0.39 is 0 Å². The average molecular weight is 257 g/mol. The van der Waals surface area contributed by atoms with Crippen molar-refractivity contribution < 1.29 is 0 Å². The zero-order chi connectivity index (χ0) is 14.0. The highest BCUT2D eigenvalue weighted by Gasteiger charge is 2.13. The van der Waals surface area contributed by atoms with E-state index in [4.69, 9.17) is 5.73 Å². The molecule has 0 bridgehead atoms. The van der Waals surface area contributed by atoms with Crippen LogP contribution in [0.15, 0.2) is 35.1 Å². The van der Waals surface area contributed by atoms with Crippen molar-refractivity contribution in [3.05, 3.63) is 51.9 Å². The number of hydrogen-bond acceptors (Lipinski definition) is 3. The maximum Gasteiger partial charge on any atom is 0.251 e. The Morgan fingerprint density at radius 2 is 1.84 bits per heavy atom. The maximum atomic E-state index is 11.5. The van der Waals surface area contributed by atoms with Crippen LogP contribution in [0.5, 0.6) is 0 Å². The van der Waals surface area contributed by atoms with E-state index in [2.05, 4.69) is 42.9 Å². The fourth-order valence-corrected chi connectivity index (χ4v) is 1.88. The van der Waals surface area contributed by atoms with Crippen LogP contribution in [0.2, 0.25) is 0 Å². The Morgan fingerprint density at radius 3 is 2.37 bits per heavy atom. The van der Waals surface area contributed by atoms with Crippen LogP contribution in [0, 0.1) is 0 Å². The Labute approximate surface area is 112 Å². The summed E-state index contributed by atoms with van der Waals surface area (Å²) in [5.74, 6) is 0.563. The van der Waals surface area contributed by atoms with Gasteiger partial charge in [-0.3, -0.25) is 4.79 Å². The molecule has 0 radical (unpaired) electrons. The summed E-state index contributed by atoms with van der Waals surface area (Å²) in [6.45, 7) is 6.75. The number of nitrogens with two attached hydrogens (primary N) is 1. The smallest absolute Gasteiger partial charge is 0.251 e. The number of benzene rings is 1. The molecule has 1 aromatic heterocycles. The van der Waals surface area contributed by atoms with E-state index >= 15 is 0 Å². The van der Waals surface area contributed by atoms with Crippen molar-refractivity contribution in [1.29, 1.82) is 0 Å². The number of hydrogen-bond donors (Lipinski definition) is 2. The molecule has 2 aromatic rings. The third kappa shape index (κ3) is 3.09. The molecule has 0 aliphatic heterocycles. The second-order valence-electron chi connectivity index (χ2n) is 5.62. The first-order chi connectivity index (χ1) is 8.90. The van der Waals surface area contributed by atoms with Crippen LogP contribution in [-0.4, -0.2) is 9.97 Å². The van der Waals surface area contributed by atoms with E-state index in [0.29, 0.717) is 11.5 Å². The highest BCUT2D eigenvalue weighted by molar-refractivity contribution is 5.55. The Balaban J connectivity index is 2.43. The molecular formula is C15H19N3O. The summed E-state index contributed by atoms with van der Waals surface area (Å²) < 4.78 is 0. The van der Waals surface area contributed by atoms with Crippen molar-refractivity contribution in [3.63, 3.8) is 0 Å². The van der Waals surface area contributed by atoms with Gasteiger partial charge in [-0.15, -0.1) is 0 Å². The van der Waals surface area contributed by atoms with Crippen LogP contribution in [0.3, 0.4) is 0 Å². The number of rotatable bonds is 2. The fraction of sp³-hybridized carbons (Fsp3) is 0.333. The van der Waals surface area contributed by atoms with Crippen molar-refractivity contribution in [1.82, 2.24) is 9.97 Å². The molecule has 1 aromatic carbocycles. The molecule has 0 saturated carbocycles. The molecule has 4 heteroatoms. The van der Waals surface area contributed by atoms with Gasteiger partial charge in [0.2, 0.25) is 0 Å². The average Bonchev–Trinajstić information content (AvgIpc) is 2.37. The summed E-state index contributed by atoms with van der Waals surface area (Å²) in [4.78, 5) is 18.6. The molecule has 100 valence electrons. The largest absolute Gasteiger partial charge is 0.325 e. The van der Waals surface area contributed by atoms with Gasteiger partial charge in [0.05, 0.1) is 5.69 Å². The van der Waals surface area contributed by atoms with E-state index in [9.17, 15) is 4.79 Å². The van der Waals surface area contributed by atoms with Gasteiger partial charge >= 0.3 is 0 Å². The van der Waals surface area contributed by atoms with E-state index in [-0.39, 0.29) is 17.5 Å². The summed E-state index contributed by atoms with van der Waals surface area (Å²) >= 11 is 0. The lowest BCUT2D eigenvalue weighted by molar-refractivity contribution is 0.590. The lowest BCUT2D eigenvalue weighted by Crippen LogP contribution is -2.13. The van der Waals surface area contributed by atoms with Gasteiger partial charge in [0.15, 0.2) is 0 Å². The van der Waals surface area contributed by atoms with Gasteiger partial charge in [0.25, 0.3) is 5.56 Å². The van der Waals surface area contributed by atoms with E-state index in [1.54, 1.807) is 0 Å². The molecule has 4 nitrogen and oxygen atoms in total. The van der Waals surface area contributed by atoms with Crippen LogP contribution in [0.4, 0.5) is 0 Å². The van der Waals surface area contributed by atoms with Crippen molar-refractivity contribution in [3.8, 4) is 11.4 Å². The lowest BCUT2D eigenvalue weighted by Gasteiger charge is -2.19. The minimum Gasteiger partial charge on any atom is -0.325 e. The van der Waals surface area contributed by atoms with Gasteiger partial charge in [-0.25, -0.2) is 4.98 Å². The highest BCUT2D eigenvalue weighted by Crippen LogP contribution is 2.24. The second-order valence-corrected chi connectivity index (χ2v) is 5.62. The molecule has 0 spiro atoms. The molecule has 0 amide bonds. The number of H-pyrrole nitrogens is 1. The molecule has 2 rings (SSSR count). The predicted molar refractivity (Wildman–Crippen MR) is 76.9 cm³/mol. The first-order valence-corrected chi connectivity index (χ1v) is 6.31. The summed E-state index contributed by atoms with van der Waals surface area (Å²) in [5.41, 5.74) is 8.19. The molecule has 0 unspecified atom stereocenters. The normalized spacial score (nSPS) is 11.6. The van der Waals surface area contributed by atoms with Crippen LogP contribution in [-0.2, 0) is 12.0 Å². The molecule has 0 fully saturated rings. The number of nitrogens with zero attached hydrogens (tertiary/aromatic N) is 1. The van der Waals surface area contributed by atoms with Gasteiger partial charge in [-0.1, -0.05) is 45.0 Å². The first-order valence-electron chi connectivity index (χ1n) is 6.31. The van der Waals surface area contributed by atoms with Crippen molar-refractivity contribution in [2.24, 2.45) is 5.73 Å². The fourth-order valence-electron chi connectivity index (χ4n) is 1.88. The number of aromatic amines is 1. The predicted octanol–water partition coefficient (Wildman–Crippen LogP) is 2.19. The number of aromatic nitrogens is 2. The minimum atomic E-state index is -0.176. The second kappa shape index (κ2) is 4.97. The Hall–Kier alpha value is -1.94. The molecule has 0 aliphatic rings. The Morgan fingerprint density at radius 1 is 1.21 bits per heavy atom. The molecule has 1 heterocycles. The van der Waals surface area contributed by atoms with Gasteiger partial charge in [0.1, 0.15) is 5.82 Å². The standard InChI is InChI=1S/C15H19N3O/c1-15(2,3)11-6-4-10(5-7-11)14-17-12(9-16)8-13(19)18-14/h4-8H,9,16H2,1-3H3,(H,17,18,19). The Bertz CT molecular complexity index is 621. The molecule has 3 N–H and O–H groups in total. The quantitative estimate of drug-likeness (QED) is 0.866. The molecule has 0 atom stereocenters. The zero-order valence-electron chi connectivity index (χ0n) is 11.5. The monoisotopic (exact) mass is 257 g/mol. The van der Waals surface area contributed by atoms with Crippen LogP contribution >= 0.6 is 0 Å². The topological polar surface area (TPSA) is 71.8 Å². The van der Waals surface area contributed by atoms with Crippen LogP contribution in [0.1, 0.15) is 32.0 Å². The Kier molecular flexibility index (Phi) is 3.53. The van der Waals surface area contributed by atoms with Crippen molar-refractivity contribution in [2.75, 3.05) is 0 Å². The minimum absolute atomic E-state index is 0.110. The third-order valence-electron chi connectivity index (χ3n) is 3.03. The first kappa shape index (κ1) is 13.5. The summed E-state index contributed by atoms with van der Waals surface area (Å²) in [6.07, 6.45) is 0.